The number of hydrogen-bond acceptors (Lipinski definition) is 1. The largest absolute Gasteiger partial charge is 0.349 e. The highest BCUT2D eigenvalue weighted by Gasteiger charge is 2.27. The van der Waals surface area contributed by atoms with Crippen LogP contribution in [-0.2, 0) is 4.79 Å². The lowest BCUT2D eigenvalue weighted by molar-refractivity contribution is -0.123. The maximum absolute atomic E-state index is 12.4. The summed E-state index contributed by atoms with van der Waals surface area (Å²) in [6.07, 6.45) is 0.802. The highest BCUT2D eigenvalue weighted by atomic mass is 79.9. The van der Waals surface area contributed by atoms with Crippen molar-refractivity contribution in [2.75, 3.05) is 10.7 Å². The van der Waals surface area contributed by atoms with Crippen molar-refractivity contribution >= 4 is 37.8 Å². The van der Waals surface area contributed by atoms with E-state index in [1.165, 1.54) is 0 Å². The monoisotopic (exact) mass is 375 g/mol. The topological polar surface area (TPSA) is 29.1 Å². The third kappa shape index (κ3) is 4.09. The summed E-state index contributed by atoms with van der Waals surface area (Å²) < 4.78 is 0. The number of benzene rings is 1. The van der Waals surface area contributed by atoms with Crippen LogP contribution in [0.2, 0.25) is 0 Å². The van der Waals surface area contributed by atoms with Gasteiger partial charge in [0.25, 0.3) is 0 Å². The van der Waals surface area contributed by atoms with E-state index in [0.717, 1.165) is 22.6 Å². The van der Waals surface area contributed by atoms with Gasteiger partial charge >= 0.3 is 0 Å². The van der Waals surface area contributed by atoms with Gasteiger partial charge in [0.1, 0.15) is 0 Å². The lowest BCUT2D eigenvalue weighted by Crippen LogP contribution is -2.50. The molecule has 1 aromatic carbocycles. The maximum atomic E-state index is 12.4. The molecule has 1 N–H and O–H groups in total. The Kier molecular flexibility index (Phi) is 6.36. The van der Waals surface area contributed by atoms with Gasteiger partial charge in [-0.05, 0) is 18.9 Å². The molecular weight excluding hydrogens is 358 g/mol. The first kappa shape index (κ1) is 15.7. The van der Waals surface area contributed by atoms with Crippen molar-refractivity contribution < 1.29 is 4.79 Å². The standard InChI is InChI=1S/C14H19Br2NO/c1-3-12(11-7-5-4-6-8-11)13(18)17-14(2,9-15)10-16/h4-8,12H,3,9-10H2,1-2H3,(H,17,18). The van der Waals surface area contributed by atoms with Crippen molar-refractivity contribution in [2.45, 2.75) is 31.7 Å². The first-order valence-electron chi connectivity index (χ1n) is 6.05. The van der Waals surface area contributed by atoms with Crippen LogP contribution in [0, 0.1) is 0 Å². The fourth-order valence-electron chi connectivity index (χ4n) is 1.74. The van der Waals surface area contributed by atoms with Crippen LogP contribution in [0.15, 0.2) is 30.3 Å². The fraction of sp³-hybridized carbons (Fsp3) is 0.500. The Bertz CT molecular complexity index is 377. The van der Waals surface area contributed by atoms with Crippen LogP contribution in [0.4, 0.5) is 0 Å². The number of halogens is 2. The molecule has 4 heteroatoms. The number of alkyl halides is 2. The van der Waals surface area contributed by atoms with E-state index in [0.29, 0.717) is 0 Å². The Hall–Kier alpha value is -0.350. The second-order valence-electron chi connectivity index (χ2n) is 4.69. The van der Waals surface area contributed by atoms with E-state index in [1.54, 1.807) is 0 Å². The molecule has 0 fully saturated rings. The summed E-state index contributed by atoms with van der Waals surface area (Å²) in [5.74, 6) is 0.00808. The van der Waals surface area contributed by atoms with Crippen molar-refractivity contribution in [3.8, 4) is 0 Å². The summed E-state index contributed by atoms with van der Waals surface area (Å²) >= 11 is 6.89. The molecule has 0 aromatic heterocycles. The SMILES string of the molecule is CCC(C(=O)NC(C)(CBr)CBr)c1ccccc1. The van der Waals surface area contributed by atoms with Crippen molar-refractivity contribution in [3.63, 3.8) is 0 Å². The Balaban J connectivity index is 2.81. The zero-order valence-electron chi connectivity index (χ0n) is 10.7. The molecule has 0 radical (unpaired) electrons. The summed E-state index contributed by atoms with van der Waals surface area (Å²) in [4.78, 5) is 12.4. The molecule has 0 aliphatic carbocycles. The fourth-order valence-corrected chi connectivity index (χ4v) is 2.95. The Morgan fingerprint density at radius 3 is 2.28 bits per heavy atom. The molecule has 1 atom stereocenters. The van der Waals surface area contributed by atoms with E-state index in [1.807, 2.05) is 44.2 Å². The van der Waals surface area contributed by atoms with Crippen LogP contribution in [0.25, 0.3) is 0 Å². The zero-order valence-corrected chi connectivity index (χ0v) is 13.9. The van der Waals surface area contributed by atoms with Gasteiger partial charge in [-0.3, -0.25) is 4.79 Å². The smallest absolute Gasteiger partial charge is 0.228 e. The maximum Gasteiger partial charge on any atom is 0.228 e. The average molecular weight is 377 g/mol. The van der Waals surface area contributed by atoms with E-state index in [2.05, 4.69) is 37.2 Å². The van der Waals surface area contributed by atoms with Gasteiger partial charge in [0.05, 0.1) is 11.5 Å². The van der Waals surface area contributed by atoms with E-state index in [4.69, 9.17) is 0 Å². The van der Waals surface area contributed by atoms with E-state index in [-0.39, 0.29) is 17.4 Å². The van der Waals surface area contributed by atoms with Gasteiger partial charge in [0, 0.05) is 10.7 Å². The first-order chi connectivity index (χ1) is 8.56. The number of nitrogens with one attached hydrogen (secondary N) is 1. The molecule has 0 aliphatic heterocycles. The van der Waals surface area contributed by atoms with Gasteiger partial charge in [0.15, 0.2) is 0 Å². The zero-order chi connectivity index (χ0) is 13.6. The molecule has 1 unspecified atom stereocenters. The molecule has 0 heterocycles. The number of carbonyl (C=O) groups excluding carboxylic acids is 1. The molecule has 0 spiro atoms. The molecule has 0 saturated carbocycles. The third-order valence-electron chi connectivity index (χ3n) is 2.94. The first-order valence-corrected chi connectivity index (χ1v) is 8.29. The third-order valence-corrected chi connectivity index (χ3v) is 5.42. The summed E-state index contributed by atoms with van der Waals surface area (Å²) in [5.41, 5.74) is 0.822. The van der Waals surface area contributed by atoms with Gasteiger partial charge in [-0.1, -0.05) is 69.1 Å². The molecule has 100 valence electrons. The average Bonchev–Trinajstić information content (AvgIpc) is 2.40. The summed E-state index contributed by atoms with van der Waals surface area (Å²) in [5, 5.41) is 4.56. The minimum absolute atomic E-state index is 0.0800. The molecule has 0 saturated heterocycles. The number of rotatable bonds is 6. The summed E-state index contributed by atoms with van der Waals surface area (Å²) in [6.45, 7) is 4.06. The number of hydrogen-bond donors (Lipinski definition) is 1. The minimum atomic E-state index is -0.251. The van der Waals surface area contributed by atoms with Gasteiger partial charge in [-0.15, -0.1) is 0 Å². The lowest BCUT2D eigenvalue weighted by atomic mass is 9.94. The van der Waals surface area contributed by atoms with Gasteiger partial charge in [-0.2, -0.15) is 0 Å². The van der Waals surface area contributed by atoms with Crippen LogP contribution in [0.3, 0.4) is 0 Å². The molecule has 2 nitrogen and oxygen atoms in total. The minimum Gasteiger partial charge on any atom is -0.349 e. The lowest BCUT2D eigenvalue weighted by Gasteiger charge is -2.29. The van der Waals surface area contributed by atoms with Crippen LogP contribution < -0.4 is 5.32 Å². The Morgan fingerprint density at radius 1 is 1.28 bits per heavy atom. The predicted octanol–water partition coefficient (Wildman–Crippen LogP) is 3.84. The second kappa shape index (κ2) is 7.29. The highest BCUT2D eigenvalue weighted by molar-refractivity contribution is 9.09. The van der Waals surface area contributed by atoms with Crippen LogP contribution in [-0.4, -0.2) is 22.1 Å². The Labute approximate surface area is 126 Å². The van der Waals surface area contributed by atoms with Crippen LogP contribution in [0.5, 0.6) is 0 Å². The molecule has 18 heavy (non-hydrogen) atoms. The van der Waals surface area contributed by atoms with Gasteiger partial charge in [-0.25, -0.2) is 0 Å². The molecule has 1 rings (SSSR count). The summed E-state index contributed by atoms with van der Waals surface area (Å²) in [6, 6.07) is 9.93. The molecule has 0 bridgehead atoms. The predicted molar refractivity (Wildman–Crippen MR) is 83.6 cm³/mol. The van der Waals surface area contributed by atoms with Crippen LogP contribution >= 0.6 is 31.9 Å². The highest BCUT2D eigenvalue weighted by Crippen LogP contribution is 2.21. The molecular formula is C14H19Br2NO. The number of amides is 1. The molecule has 1 amide bonds. The van der Waals surface area contributed by atoms with Crippen molar-refractivity contribution in [2.24, 2.45) is 0 Å². The molecule has 1 aromatic rings. The number of carbonyl (C=O) groups is 1. The van der Waals surface area contributed by atoms with Crippen molar-refractivity contribution in [1.82, 2.24) is 5.32 Å². The quantitative estimate of drug-likeness (QED) is 0.750. The van der Waals surface area contributed by atoms with E-state index < -0.39 is 0 Å². The van der Waals surface area contributed by atoms with Crippen molar-refractivity contribution in [1.29, 1.82) is 0 Å². The van der Waals surface area contributed by atoms with E-state index in [9.17, 15) is 4.79 Å². The molecule has 0 aliphatic rings. The second-order valence-corrected chi connectivity index (χ2v) is 5.81. The normalized spacial score (nSPS) is 13.1. The van der Waals surface area contributed by atoms with Gasteiger partial charge in [0.2, 0.25) is 5.91 Å². The van der Waals surface area contributed by atoms with E-state index >= 15 is 0 Å². The Morgan fingerprint density at radius 2 is 1.83 bits per heavy atom. The van der Waals surface area contributed by atoms with Gasteiger partial charge < -0.3 is 5.32 Å². The summed E-state index contributed by atoms with van der Waals surface area (Å²) in [7, 11) is 0. The van der Waals surface area contributed by atoms with Crippen LogP contribution in [0.1, 0.15) is 31.7 Å². The van der Waals surface area contributed by atoms with Crippen molar-refractivity contribution in [3.05, 3.63) is 35.9 Å².